The van der Waals surface area contributed by atoms with E-state index in [0.29, 0.717) is 29.6 Å². The molecule has 6 heteroatoms. The molecule has 0 unspecified atom stereocenters. The topological polar surface area (TPSA) is 25.4 Å². The molecular formula is C27H28ClFN2OS. The number of terminal acetylenes is 1. The summed E-state index contributed by atoms with van der Waals surface area (Å²) in [5, 5.41) is 1.47. The van der Waals surface area contributed by atoms with Gasteiger partial charge in [-0.2, -0.15) is 0 Å². The maximum atomic E-state index is 14.3. The summed E-state index contributed by atoms with van der Waals surface area (Å²) < 4.78 is 19.7. The zero-order chi connectivity index (χ0) is 23.7. The van der Waals surface area contributed by atoms with Crippen molar-refractivity contribution >= 4 is 28.1 Å². The van der Waals surface area contributed by atoms with Crippen LogP contribution in [0.3, 0.4) is 0 Å². The Bertz CT molecular complexity index is 1210. The molecule has 0 radical (unpaired) electrons. The summed E-state index contributed by atoms with van der Waals surface area (Å²) in [6.45, 7) is 6.99. The summed E-state index contributed by atoms with van der Waals surface area (Å²) in [6, 6.07) is 9.45. The van der Waals surface area contributed by atoms with E-state index in [1.165, 1.54) is 0 Å². The number of anilines is 1. The SMILES string of the molecule is C#CCN(C[C@H](c1ccc(C)c(F)c1)C1CC1)c1nc(-c2cc(C)c(OC)cc2Cl)c(C)s1. The van der Waals surface area contributed by atoms with E-state index in [2.05, 4.69) is 10.8 Å². The molecule has 0 amide bonds. The second-order valence-corrected chi connectivity index (χ2v) is 10.3. The van der Waals surface area contributed by atoms with E-state index >= 15 is 0 Å². The Kier molecular flexibility index (Phi) is 6.97. The lowest BCUT2D eigenvalue weighted by Gasteiger charge is -2.26. The molecule has 1 heterocycles. The van der Waals surface area contributed by atoms with Crippen LogP contribution in [0.1, 0.15) is 40.3 Å². The predicted molar refractivity (Wildman–Crippen MR) is 136 cm³/mol. The maximum Gasteiger partial charge on any atom is 0.186 e. The molecule has 2 aromatic carbocycles. The maximum absolute atomic E-state index is 14.3. The van der Waals surface area contributed by atoms with Gasteiger partial charge in [0.15, 0.2) is 5.13 Å². The van der Waals surface area contributed by atoms with Gasteiger partial charge in [0.2, 0.25) is 0 Å². The number of aromatic nitrogens is 1. The van der Waals surface area contributed by atoms with Crippen molar-refractivity contribution in [2.24, 2.45) is 5.92 Å². The number of nitrogens with zero attached hydrogens (tertiary/aromatic N) is 2. The van der Waals surface area contributed by atoms with Crippen LogP contribution in [0.25, 0.3) is 11.3 Å². The molecule has 0 bridgehead atoms. The molecule has 3 aromatic rings. The average Bonchev–Trinajstić information content (AvgIpc) is 3.56. The van der Waals surface area contributed by atoms with Gasteiger partial charge in [-0.05, 0) is 74.4 Å². The summed E-state index contributed by atoms with van der Waals surface area (Å²) in [7, 11) is 1.64. The summed E-state index contributed by atoms with van der Waals surface area (Å²) >= 11 is 8.19. The van der Waals surface area contributed by atoms with E-state index in [-0.39, 0.29) is 11.7 Å². The molecule has 172 valence electrons. The van der Waals surface area contributed by atoms with Crippen LogP contribution < -0.4 is 9.64 Å². The number of rotatable bonds is 8. The largest absolute Gasteiger partial charge is 0.496 e. The van der Waals surface area contributed by atoms with Crippen molar-refractivity contribution in [1.29, 1.82) is 0 Å². The number of methoxy groups -OCH3 is 1. The zero-order valence-electron chi connectivity index (χ0n) is 19.4. The van der Waals surface area contributed by atoms with Gasteiger partial charge < -0.3 is 9.64 Å². The highest BCUT2D eigenvalue weighted by Crippen LogP contribution is 2.45. The summed E-state index contributed by atoms with van der Waals surface area (Å²) in [6.07, 6.45) is 8.06. The fourth-order valence-corrected chi connectivity index (χ4v) is 5.43. The first-order valence-electron chi connectivity index (χ1n) is 11.1. The van der Waals surface area contributed by atoms with Crippen molar-refractivity contribution < 1.29 is 9.13 Å². The molecule has 0 aliphatic heterocycles. The molecule has 1 aliphatic carbocycles. The van der Waals surface area contributed by atoms with E-state index in [1.54, 1.807) is 31.4 Å². The summed E-state index contributed by atoms with van der Waals surface area (Å²) in [4.78, 5) is 8.18. The molecule has 1 aliphatic rings. The highest BCUT2D eigenvalue weighted by molar-refractivity contribution is 7.16. The van der Waals surface area contributed by atoms with Gasteiger partial charge in [-0.1, -0.05) is 29.7 Å². The van der Waals surface area contributed by atoms with Gasteiger partial charge in [-0.15, -0.1) is 17.8 Å². The van der Waals surface area contributed by atoms with Gasteiger partial charge in [0.25, 0.3) is 0 Å². The van der Waals surface area contributed by atoms with Crippen LogP contribution in [0.5, 0.6) is 5.75 Å². The van der Waals surface area contributed by atoms with Gasteiger partial charge >= 0.3 is 0 Å². The first-order valence-corrected chi connectivity index (χ1v) is 12.3. The van der Waals surface area contributed by atoms with Crippen LogP contribution in [0.15, 0.2) is 30.3 Å². The van der Waals surface area contributed by atoms with Crippen LogP contribution >= 0.6 is 22.9 Å². The highest BCUT2D eigenvalue weighted by atomic mass is 35.5. The van der Waals surface area contributed by atoms with Gasteiger partial charge in [0, 0.05) is 22.9 Å². The zero-order valence-corrected chi connectivity index (χ0v) is 21.0. The van der Waals surface area contributed by atoms with Crippen molar-refractivity contribution in [1.82, 2.24) is 4.98 Å². The van der Waals surface area contributed by atoms with Crippen LogP contribution in [0.2, 0.25) is 5.02 Å². The standard InChI is InChI=1S/C27H28ClFN2OS/c1-6-11-31(15-22(19-9-10-19)20-8-7-16(2)24(29)13-20)27-30-26(18(4)33-27)21-12-17(3)25(32-5)14-23(21)28/h1,7-8,12-14,19,22H,9-11,15H2,2-5H3/t22-/m0/s1. The number of hydrogen-bond acceptors (Lipinski definition) is 4. The van der Waals surface area contributed by atoms with Gasteiger partial charge in [-0.3, -0.25) is 0 Å². The lowest BCUT2D eigenvalue weighted by atomic mass is 9.92. The quantitative estimate of drug-likeness (QED) is 0.318. The number of ether oxygens (including phenoxy) is 1. The molecule has 1 fully saturated rings. The van der Waals surface area contributed by atoms with E-state index < -0.39 is 0 Å². The Morgan fingerprint density at radius 3 is 2.64 bits per heavy atom. The van der Waals surface area contributed by atoms with Crippen molar-refractivity contribution in [3.05, 3.63) is 62.7 Å². The monoisotopic (exact) mass is 482 g/mol. The molecular weight excluding hydrogens is 455 g/mol. The Labute approximate surface area is 204 Å². The molecule has 33 heavy (non-hydrogen) atoms. The molecule has 4 rings (SSSR count). The summed E-state index contributed by atoms with van der Waals surface area (Å²) in [5.74, 6) is 4.15. The normalized spacial score (nSPS) is 14.1. The third-order valence-electron chi connectivity index (χ3n) is 6.31. The van der Waals surface area contributed by atoms with Crippen molar-refractivity contribution in [2.45, 2.75) is 39.5 Å². The molecule has 1 atom stereocenters. The second kappa shape index (κ2) is 9.75. The molecule has 1 saturated carbocycles. The van der Waals surface area contributed by atoms with Crippen molar-refractivity contribution in [2.75, 3.05) is 25.1 Å². The smallest absolute Gasteiger partial charge is 0.186 e. The highest BCUT2D eigenvalue weighted by Gasteiger charge is 2.34. The lowest BCUT2D eigenvalue weighted by molar-refractivity contribution is 0.412. The minimum absolute atomic E-state index is 0.154. The Morgan fingerprint density at radius 1 is 1.24 bits per heavy atom. The fourth-order valence-electron chi connectivity index (χ4n) is 4.26. The summed E-state index contributed by atoms with van der Waals surface area (Å²) in [5.41, 5.74) is 4.44. The number of thiazole rings is 1. The van der Waals surface area contributed by atoms with Crippen LogP contribution in [0, 0.1) is 44.9 Å². The van der Waals surface area contributed by atoms with Crippen molar-refractivity contribution in [3.63, 3.8) is 0 Å². The number of aryl methyl sites for hydroxylation is 3. The number of hydrogen-bond donors (Lipinski definition) is 0. The van der Waals surface area contributed by atoms with Crippen molar-refractivity contribution in [3.8, 4) is 29.4 Å². The fraction of sp³-hybridized carbons (Fsp3) is 0.370. The van der Waals surface area contributed by atoms with Crippen LogP contribution in [-0.4, -0.2) is 25.2 Å². The molecule has 1 aromatic heterocycles. The van der Waals surface area contributed by atoms with Gasteiger partial charge in [0.1, 0.15) is 11.6 Å². The van der Waals surface area contributed by atoms with E-state index in [9.17, 15) is 4.39 Å². The molecule has 3 nitrogen and oxygen atoms in total. The third kappa shape index (κ3) is 5.03. The third-order valence-corrected chi connectivity index (χ3v) is 7.65. The first kappa shape index (κ1) is 23.6. The van der Waals surface area contributed by atoms with E-state index in [4.69, 9.17) is 27.7 Å². The van der Waals surface area contributed by atoms with Crippen LogP contribution in [-0.2, 0) is 0 Å². The van der Waals surface area contributed by atoms with Gasteiger partial charge in [0.05, 0.1) is 24.4 Å². The molecule has 0 N–H and O–H groups in total. The average molecular weight is 483 g/mol. The molecule has 0 saturated heterocycles. The first-order chi connectivity index (χ1) is 15.8. The minimum Gasteiger partial charge on any atom is -0.496 e. The Morgan fingerprint density at radius 2 is 2.00 bits per heavy atom. The Balaban J connectivity index is 1.67. The van der Waals surface area contributed by atoms with E-state index in [1.807, 2.05) is 38.1 Å². The number of benzene rings is 2. The van der Waals surface area contributed by atoms with Gasteiger partial charge in [-0.25, -0.2) is 9.37 Å². The van der Waals surface area contributed by atoms with E-state index in [0.717, 1.165) is 51.0 Å². The Hall–Kier alpha value is -2.55. The second-order valence-electron chi connectivity index (χ2n) is 8.74. The lowest BCUT2D eigenvalue weighted by Crippen LogP contribution is -2.30. The van der Waals surface area contributed by atoms with Crippen LogP contribution in [0.4, 0.5) is 9.52 Å². The predicted octanol–water partition coefficient (Wildman–Crippen LogP) is 7.17. The minimum atomic E-state index is -0.154. The molecule has 0 spiro atoms. The number of halogens is 2.